The summed E-state index contributed by atoms with van der Waals surface area (Å²) >= 11 is 0. The Bertz CT molecular complexity index is 638. The number of carbonyl (C=O) groups is 1. The van der Waals surface area contributed by atoms with Gasteiger partial charge in [0.15, 0.2) is 0 Å². The van der Waals surface area contributed by atoms with E-state index in [4.69, 9.17) is 5.73 Å². The number of anilines is 1. The molecular formula is C15H24ClN3O3S. The van der Waals surface area contributed by atoms with Gasteiger partial charge in [-0.05, 0) is 51.0 Å². The van der Waals surface area contributed by atoms with Crippen LogP contribution in [0.1, 0.15) is 39.5 Å². The molecule has 0 spiro atoms. The average Bonchev–Trinajstić information content (AvgIpc) is 2.86. The fourth-order valence-corrected chi connectivity index (χ4v) is 3.84. The number of halogens is 1. The van der Waals surface area contributed by atoms with Crippen LogP contribution in [0.5, 0.6) is 0 Å². The molecule has 0 atom stereocenters. The zero-order chi connectivity index (χ0) is 16.4. The lowest BCUT2D eigenvalue weighted by molar-refractivity contribution is -0.121. The molecule has 1 saturated carbocycles. The Morgan fingerprint density at radius 3 is 2.17 bits per heavy atom. The molecule has 0 aromatic heterocycles. The summed E-state index contributed by atoms with van der Waals surface area (Å²) in [5, 5.41) is 2.76. The van der Waals surface area contributed by atoms with Crippen LogP contribution in [0.2, 0.25) is 0 Å². The van der Waals surface area contributed by atoms with Crippen LogP contribution in [0, 0.1) is 0 Å². The van der Waals surface area contributed by atoms with Crippen LogP contribution >= 0.6 is 12.4 Å². The Balaban J connectivity index is 0.00000264. The Labute approximate surface area is 143 Å². The van der Waals surface area contributed by atoms with Gasteiger partial charge in [-0.3, -0.25) is 4.79 Å². The third kappa shape index (κ3) is 4.91. The largest absolute Gasteiger partial charge is 0.324 e. The van der Waals surface area contributed by atoms with Crippen molar-refractivity contribution in [3.05, 3.63) is 24.3 Å². The van der Waals surface area contributed by atoms with Crippen molar-refractivity contribution >= 4 is 34.0 Å². The summed E-state index contributed by atoms with van der Waals surface area (Å²) in [6, 6.07) is 5.91. The van der Waals surface area contributed by atoms with Crippen LogP contribution in [-0.2, 0) is 14.8 Å². The zero-order valence-electron chi connectivity index (χ0n) is 13.3. The van der Waals surface area contributed by atoms with Gasteiger partial charge in [0.1, 0.15) is 0 Å². The number of hydrogen-bond donors (Lipinski definition) is 3. The maximum atomic E-state index is 12.2. The van der Waals surface area contributed by atoms with Gasteiger partial charge >= 0.3 is 0 Å². The maximum absolute atomic E-state index is 12.2. The van der Waals surface area contributed by atoms with E-state index in [9.17, 15) is 13.2 Å². The molecule has 4 N–H and O–H groups in total. The molecule has 0 bridgehead atoms. The lowest BCUT2D eigenvalue weighted by atomic mass is 9.98. The van der Waals surface area contributed by atoms with Crippen molar-refractivity contribution in [2.75, 3.05) is 5.32 Å². The molecule has 0 radical (unpaired) electrons. The molecule has 8 heteroatoms. The highest BCUT2D eigenvalue weighted by atomic mass is 35.5. The minimum atomic E-state index is -3.52. The van der Waals surface area contributed by atoms with Crippen molar-refractivity contribution in [1.82, 2.24) is 4.72 Å². The number of nitrogens with two attached hydrogens (primary N) is 1. The molecule has 23 heavy (non-hydrogen) atoms. The fourth-order valence-electron chi connectivity index (χ4n) is 2.58. The molecule has 0 heterocycles. The molecule has 1 aromatic carbocycles. The number of hydrogen-bond acceptors (Lipinski definition) is 4. The standard InChI is InChI=1S/C15H23N3O3S.ClH/c1-11(2)18-22(20,21)13-7-5-12(6-8-13)17-14(19)15(16)9-3-4-10-15;/h5-8,11,18H,3-4,9-10,16H2,1-2H3,(H,17,19);1H. The van der Waals surface area contributed by atoms with Gasteiger partial charge in [0, 0.05) is 11.7 Å². The molecular weight excluding hydrogens is 338 g/mol. The monoisotopic (exact) mass is 361 g/mol. The molecule has 1 aliphatic carbocycles. The van der Waals surface area contributed by atoms with Crippen LogP contribution in [0.3, 0.4) is 0 Å². The molecule has 0 saturated heterocycles. The Hall–Kier alpha value is -1.15. The smallest absolute Gasteiger partial charge is 0.244 e. The van der Waals surface area contributed by atoms with Gasteiger partial charge in [-0.25, -0.2) is 13.1 Å². The van der Waals surface area contributed by atoms with Gasteiger partial charge in [0.25, 0.3) is 0 Å². The Morgan fingerprint density at radius 2 is 1.70 bits per heavy atom. The number of sulfonamides is 1. The van der Waals surface area contributed by atoms with Crippen LogP contribution in [0.25, 0.3) is 0 Å². The van der Waals surface area contributed by atoms with E-state index in [-0.39, 0.29) is 29.3 Å². The first kappa shape index (κ1) is 19.9. The van der Waals surface area contributed by atoms with Crippen LogP contribution in [-0.4, -0.2) is 25.9 Å². The summed E-state index contributed by atoms with van der Waals surface area (Å²) in [5.41, 5.74) is 5.83. The predicted molar refractivity (Wildman–Crippen MR) is 93.2 cm³/mol. The molecule has 1 aromatic rings. The second-order valence-electron chi connectivity index (χ2n) is 6.12. The number of benzene rings is 1. The van der Waals surface area contributed by atoms with Gasteiger partial charge in [-0.1, -0.05) is 12.8 Å². The van der Waals surface area contributed by atoms with E-state index in [1.165, 1.54) is 12.1 Å². The summed E-state index contributed by atoms with van der Waals surface area (Å²) in [6.45, 7) is 3.52. The van der Waals surface area contributed by atoms with E-state index in [0.717, 1.165) is 12.8 Å². The maximum Gasteiger partial charge on any atom is 0.244 e. The molecule has 0 unspecified atom stereocenters. The first-order valence-electron chi connectivity index (χ1n) is 7.46. The van der Waals surface area contributed by atoms with Gasteiger partial charge in [0.05, 0.1) is 10.4 Å². The van der Waals surface area contributed by atoms with E-state index in [2.05, 4.69) is 10.0 Å². The number of amides is 1. The van der Waals surface area contributed by atoms with Gasteiger partial charge in [0.2, 0.25) is 15.9 Å². The van der Waals surface area contributed by atoms with Crippen molar-refractivity contribution in [2.24, 2.45) is 5.73 Å². The minimum Gasteiger partial charge on any atom is -0.324 e. The lowest BCUT2D eigenvalue weighted by Crippen LogP contribution is -2.48. The van der Waals surface area contributed by atoms with E-state index in [1.54, 1.807) is 26.0 Å². The van der Waals surface area contributed by atoms with Gasteiger partial charge in [-0.2, -0.15) is 0 Å². The van der Waals surface area contributed by atoms with Gasteiger partial charge < -0.3 is 11.1 Å². The van der Waals surface area contributed by atoms with Crippen molar-refractivity contribution in [1.29, 1.82) is 0 Å². The minimum absolute atomic E-state index is 0. The SMILES string of the molecule is CC(C)NS(=O)(=O)c1ccc(NC(=O)C2(N)CCCC2)cc1.Cl. The van der Waals surface area contributed by atoms with Gasteiger partial charge in [-0.15, -0.1) is 12.4 Å². The quantitative estimate of drug-likeness (QED) is 0.746. The Morgan fingerprint density at radius 1 is 1.17 bits per heavy atom. The second-order valence-corrected chi connectivity index (χ2v) is 7.83. The Kier molecular flexibility index (Phi) is 6.59. The highest BCUT2D eigenvalue weighted by molar-refractivity contribution is 7.89. The molecule has 1 aliphatic rings. The molecule has 1 amide bonds. The molecule has 1 fully saturated rings. The predicted octanol–water partition coefficient (Wildman–Crippen LogP) is 2.01. The number of carbonyl (C=O) groups excluding carboxylic acids is 1. The summed E-state index contributed by atoms with van der Waals surface area (Å²) in [4.78, 5) is 12.4. The molecule has 130 valence electrons. The summed E-state index contributed by atoms with van der Waals surface area (Å²) in [5.74, 6) is -0.207. The highest BCUT2D eigenvalue weighted by Gasteiger charge is 2.36. The number of rotatable bonds is 5. The van der Waals surface area contributed by atoms with Crippen LogP contribution < -0.4 is 15.8 Å². The van der Waals surface area contributed by atoms with Crippen LogP contribution in [0.4, 0.5) is 5.69 Å². The average molecular weight is 362 g/mol. The third-order valence-electron chi connectivity index (χ3n) is 3.76. The van der Waals surface area contributed by atoms with Crippen molar-refractivity contribution in [3.63, 3.8) is 0 Å². The summed E-state index contributed by atoms with van der Waals surface area (Å²) < 4.78 is 26.5. The lowest BCUT2D eigenvalue weighted by Gasteiger charge is -2.22. The van der Waals surface area contributed by atoms with Crippen molar-refractivity contribution in [3.8, 4) is 0 Å². The molecule has 2 rings (SSSR count). The fraction of sp³-hybridized carbons (Fsp3) is 0.533. The number of nitrogens with one attached hydrogen (secondary N) is 2. The molecule has 0 aliphatic heterocycles. The first-order chi connectivity index (χ1) is 10.2. The van der Waals surface area contributed by atoms with E-state index >= 15 is 0 Å². The normalized spacial score (nSPS) is 16.9. The third-order valence-corrected chi connectivity index (χ3v) is 5.44. The topological polar surface area (TPSA) is 101 Å². The van der Waals surface area contributed by atoms with E-state index < -0.39 is 15.6 Å². The first-order valence-corrected chi connectivity index (χ1v) is 8.94. The van der Waals surface area contributed by atoms with Crippen molar-refractivity contribution < 1.29 is 13.2 Å². The highest BCUT2D eigenvalue weighted by Crippen LogP contribution is 2.28. The summed E-state index contributed by atoms with van der Waals surface area (Å²) in [6.07, 6.45) is 3.29. The summed E-state index contributed by atoms with van der Waals surface area (Å²) in [7, 11) is -3.52. The van der Waals surface area contributed by atoms with E-state index in [1.807, 2.05) is 0 Å². The molecule has 6 nitrogen and oxygen atoms in total. The zero-order valence-corrected chi connectivity index (χ0v) is 15.0. The van der Waals surface area contributed by atoms with Crippen molar-refractivity contribution in [2.45, 2.75) is 56.0 Å². The second kappa shape index (κ2) is 7.61. The van der Waals surface area contributed by atoms with E-state index in [0.29, 0.717) is 18.5 Å². The van der Waals surface area contributed by atoms with Crippen LogP contribution in [0.15, 0.2) is 29.2 Å².